The molecule has 0 N–H and O–H groups in total. The first kappa shape index (κ1) is 19.4. The predicted molar refractivity (Wildman–Crippen MR) is 97.7 cm³/mol. The first-order valence-corrected chi connectivity index (χ1v) is 8.39. The van der Waals surface area contributed by atoms with Crippen molar-refractivity contribution in [3.8, 4) is 5.75 Å². The lowest BCUT2D eigenvalue weighted by Crippen LogP contribution is -2.09. The summed E-state index contributed by atoms with van der Waals surface area (Å²) in [5, 5.41) is 0. The van der Waals surface area contributed by atoms with Gasteiger partial charge in [0, 0.05) is 12.0 Å². The molecule has 0 aliphatic carbocycles. The smallest absolute Gasteiger partial charge is 0.337 e. The molecule has 0 aromatic heterocycles. The summed E-state index contributed by atoms with van der Waals surface area (Å²) in [5.74, 6) is 0.0173. The van der Waals surface area contributed by atoms with E-state index in [0.717, 1.165) is 17.7 Å². The lowest BCUT2D eigenvalue weighted by molar-refractivity contribution is -0.118. The lowest BCUT2D eigenvalue weighted by Gasteiger charge is -2.04. The summed E-state index contributed by atoms with van der Waals surface area (Å²) in [6, 6.07) is 13.8. The summed E-state index contributed by atoms with van der Waals surface area (Å²) in [6.45, 7) is 0. The van der Waals surface area contributed by atoms with Gasteiger partial charge in [0.2, 0.25) is 0 Å². The molecule has 0 radical (unpaired) electrons. The molecule has 0 heterocycles. The van der Waals surface area contributed by atoms with Crippen LogP contribution in [0.3, 0.4) is 0 Å². The topological polar surface area (TPSA) is 69.7 Å². The molecule has 0 amide bonds. The van der Waals surface area contributed by atoms with Crippen molar-refractivity contribution in [1.29, 1.82) is 0 Å². The molecule has 2 aromatic rings. The van der Waals surface area contributed by atoms with Crippen LogP contribution in [0.5, 0.6) is 5.75 Å². The summed E-state index contributed by atoms with van der Waals surface area (Å²) in [4.78, 5) is 35.6. The van der Waals surface area contributed by atoms with E-state index < -0.39 is 5.97 Å². The third-order valence-corrected chi connectivity index (χ3v) is 4.07. The van der Waals surface area contributed by atoms with Crippen molar-refractivity contribution < 1.29 is 23.9 Å². The third kappa shape index (κ3) is 5.55. The van der Waals surface area contributed by atoms with E-state index in [9.17, 15) is 14.4 Å². The minimum Gasteiger partial charge on any atom is -0.497 e. The Hall–Kier alpha value is -2.95. The van der Waals surface area contributed by atoms with Crippen LogP contribution in [0.4, 0.5) is 0 Å². The van der Waals surface area contributed by atoms with Crippen molar-refractivity contribution in [2.45, 2.75) is 25.7 Å². The standard InChI is InChI=1S/C21H22O5/c1-25-19-12-6-15(7-13-19)4-3-5-18(22)14-20(23)16-8-10-17(11-9-16)21(24)26-2/h6-13H,3-5,14H2,1-2H3. The maximum absolute atomic E-state index is 12.2. The van der Waals surface area contributed by atoms with Crippen molar-refractivity contribution in [3.63, 3.8) is 0 Å². The molecule has 0 saturated heterocycles. The second-order valence-electron chi connectivity index (χ2n) is 5.91. The Morgan fingerprint density at radius 3 is 2.04 bits per heavy atom. The van der Waals surface area contributed by atoms with Gasteiger partial charge in [-0.2, -0.15) is 0 Å². The summed E-state index contributed by atoms with van der Waals surface area (Å²) in [7, 11) is 2.92. The fourth-order valence-electron chi connectivity index (χ4n) is 2.56. The second-order valence-corrected chi connectivity index (χ2v) is 5.91. The van der Waals surface area contributed by atoms with Crippen LogP contribution in [-0.4, -0.2) is 31.8 Å². The Bertz CT molecular complexity index is 760. The first-order valence-electron chi connectivity index (χ1n) is 8.39. The van der Waals surface area contributed by atoms with Crippen LogP contribution in [0.25, 0.3) is 0 Å². The molecule has 2 rings (SSSR count). The highest BCUT2D eigenvalue weighted by Gasteiger charge is 2.13. The number of Topliss-reactive ketones (excluding diaryl/α,β-unsaturated/α-hetero) is 2. The van der Waals surface area contributed by atoms with E-state index in [1.807, 2.05) is 24.3 Å². The average molecular weight is 354 g/mol. The van der Waals surface area contributed by atoms with Gasteiger partial charge in [-0.1, -0.05) is 24.3 Å². The number of hydrogen-bond donors (Lipinski definition) is 0. The minimum atomic E-state index is -0.460. The SMILES string of the molecule is COC(=O)c1ccc(C(=O)CC(=O)CCCc2ccc(OC)cc2)cc1. The van der Waals surface area contributed by atoms with Gasteiger partial charge in [0.15, 0.2) is 5.78 Å². The molecule has 0 spiro atoms. The number of benzene rings is 2. The number of ether oxygens (including phenoxy) is 2. The van der Waals surface area contributed by atoms with E-state index in [1.54, 1.807) is 19.2 Å². The molecule has 5 heteroatoms. The van der Waals surface area contributed by atoms with E-state index in [0.29, 0.717) is 24.0 Å². The zero-order chi connectivity index (χ0) is 18.9. The molecule has 0 atom stereocenters. The maximum Gasteiger partial charge on any atom is 0.337 e. The van der Waals surface area contributed by atoms with E-state index in [1.165, 1.54) is 19.2 Å². The summed E-state index contributed by atoms with van der Waals surface area (Å²) in [5.41, 5.74) is 1.92. The zero-order valence-corrected chi connectivity index (χ0v) is 15.0. The molecule has 0 aliphatic heterocycles. The van der Waals surface area contributed by atoms with Gasteiger partial charge in [-0.25, -0.2) is 4.79 Å². The molecular formula is C21H22O5. The minimum absolute atomic E-state index is 0.0828. The van der Waals surface area contributed by atoms with E-state index in [2.05, 4.69) is 4.74 Å². The number of carbonyl (C=O) groups excluding carboxylic acids is 3. The molecule has 0 fully saturated rings. The van der Waals surface area contributed by atoms with E-state index in [-0.39, 0.29) is 18.0 Å². The molecule has 0 bridgehead atoms. The second kappa shape index (κ2) is 9.51. The van der Waals surface area contributed by atoms with Gasteiger partial charge in [0.1, 0.15) is 11.5 Å². The van der Waals surface area contributed by atoms with Crippen molar-refractivity contribution in [2.24, 2.45) is 0 Å². The van der Waals surface area contributed by atoms with E-state index >= 15 is 0 Å². The molecule has 0 aliphatic rings. The van der Waals surface area contributed by atoms with Gasteiger partial charge in [-0.15, -0.1) is 0 Å². The van der Waals surface area contributed by atoms with Gasteiger partial charge in [-0.05, 0) is 42.7 Å². The van der Waals surface area contributed by atoms with Gasteiger partial charge < -0.3 is 9.47 Å². The fourth-order valence-corrected chi connectivity index (χ4v) is 2.56. The highest BCUT2D eigenvalue weighted by atomic mass is 16.5. The molecule has 2 aromatic carbocycles. The lowest BCUT2D eigenvalue weighted by atomic mass is 10.0. The van der Waals surface area contributed by atoms with E-state index in [4.69, 9.17) is 4.74 Å². The molecule has 0 unspecified atom stereocenters. The van der Waals surface area contributed by atoms with Crippen LogP contribution < -0.4 is 4.74 Å². The van der Waals surface area contributed by atoms with Crippen LogP contribution in [0, 0.1) is 0 Å². The molecule has 5 nitrogen and oxygen atoms in total. The number of esters is 1. The Balaban J connectivity index is 1.79. The van der Waals surface area contributed by atoms with Crippen molar-refractivity contribution >= 4 is 17.5 Å². The van der Waals surface area contributed by atoms with Crippen LogP contribution in [0.15, 0.2) is 48.5 Å². The largest absolute Gasteiger partial charge is 0.497 e. The molecule has 0 saturated carbocycles. The van der Waals surface area contributed by atoms with Crippen LogP contribution in [-0.2, 0) is 16.0 Å². The summed E-state index contributed by atoms with van der Waals surface area (Å²) in [6.07, 6.45) is 1.70. The highest BCUT2D eigenvalue weighted by molar-refractivity contribution is 6.08. The fraction of sp³-hybridized carbons (Fsp3) is 0.286. The van der Waals surface area contributed by atoms with Crippen molar-refractivity contribution in [2.75, 3.05) is 14.2 Å². The molecule has 136 valence electrons. The van der Waals surface area contributed by atoms with Crippen molar-refractivity contribution in [1.82, 2.24) is 0 Å². The van der Waals surface area contributed by atoms with Gasteiger partial charge in [0.25, 0.3) is 0 Å². The Morgan fingerprint density at radius 2 is 1.46 bits per heavy atom. The van der Waals surface area contributed by atoms with Gasteiger partial charge >= 0.3 is 5.97 Å². The Morgan fingerprint density at radius 1 is 0.846 bits per heavy atom. The first-order chi connectivity index (χ1) is 12.5. The summed E-state index contributed by atoms with van der Waals surface area (Å²) >= 11 is 0. The van der Waals surface area contributed by atoms with Gasteiger partial charge in [-0.3, -0.25) is 9.59 Å². The number of hydrogen-bond acceptors (Lipinski definition) is 5. The quantitative estimate of drug-likeness (QED) is 0.391. The monoisotopic (exact) mass is 354 g/mol. The van der Waals surface area contributed by atoms with Crippen LogP contribution >= 0.6 is 0 Å². The Kier molecular flexibility index (Phi) is 7.09. The molecule has 26 heavy (non-hydrogen) atoms. The predicted octanol–water partition coefficient (Wildman–Crippen LogP) is 3.65. The molecular weight excluding hydrogens is 332 g/mol. The van der Waals surface area contributed by atoms with Crippen LogP contribution in [0.2, 0.25) is 0 Å². The maximum atomic E-state index is 12.2. The number of carbonyl (C=O) groups is 3. The number of ketones is 2. The van der Waals surface area contributed by atoms with Crippen molar-refractivity contribution in [3.05, 3.63) is 65.2 Å². The average Bonchev–Trinajstić information content (AvgIpc) is 2.68. The van der Waals surface area contributed by atoms with Crippen LogP contribution in [0.1, 0.15) is 45.5 Å². The third-order valence-electron chi connectivity index (χ3n) is 4.07. The number of aryl methyl sites for hydroxylation is 1. The van der Waals surface area contributed by atoms with Gasteiger partial charge in [0.05, 0.1) is 26.2 Å². The summed E-state index contributed by atoms with van der Waals surface area (Å²) < 4.78 is 9.72. The number of methoxy groups -OCH3 is 2. The number of rotatable bonds is 9. The highest BCUT2D eigenvalue weighted by Crippen LogP contribution is 2.14. The Labute approximate surface area is 152 Å². The normalized spacial score (nSPS) is 10.2. The zero-order valence-electron chi connectivity index (χ0n) is 15.0.